The molecule has 30 heavy (non-hydrogen) atoms. The first-order valence-corrected chi connectivity index (χ1v) is 10.5. The maximum atomic E-state index is 13.1. The topological polar surface area (TPSA) is 37.7 Å². The lowest BCUT2D eigenvalue weighted by molar-refractivity contribution is 0.0785. The summed E-state index contributed by atoms with van der Waals surface area (Å²) in [4.78, 5) is 17.2. The molecule has 1 aromatic heterocycles. The van der Waals surface area contributed by atoms with Crippen molar-refractivity contribution in [2.75, 3.05) is 38.3 Å². The number of benzene rings is 2. The number of hydrogen-bond acceptors (Lipinski definition) is 3. The van der Waals surface area contributed by atoms with Crippen LogP contribution >= 0.6 is 0 Å². The molecule has 0 aliphatic carbocycles. The highest BCUT2D eigenvalue weighted by atomic mass is 16.5. The zero-order chi connectivity index (χ0) is 21.1. The molecule has 5 heteroatoms. The van der Waals surface area contributed by atoms with Gasteiger partial charge in [0.05, 0.1) is 13.2 Å². The van der Waals surface area contributed by atoms with E-state index in [2.05, 4.69) is 53.6 Å². The van der Waals surface area contributed by atoms with E-state index in [-0.39, 0.29) is 5.91 Å². The number of morpholine rings is 1. The summed E-state index contributed by atoms with van der Waals surface area (Å²) in [5, 5.41) is 0. The SMILES string of the molecule is Cc1ccc(C)n1-c1ccc(C(=O)N(C)Cc2ccccc2N2CCOCC2)cc1. The van der Waals surface area contributed by atoms with Gasteiger partial charge in [-0.25, -0.2) is 0 Å². The number of nitrogens with zero attached hydrogens (tertiary/aromatic N) is 3. The van der Waals surface area contributed by atoms with Gasteiger partial charge in [-0.05, 0) is 61.9 Å². The molecule has 1 amide bonds. The van der Waals surface area contributed by atoms with Crippen LogP contribution in [0.2, 0.25) is 0 Å². The van der Waals surface area contributed by atoms with Gasteiger partial charge >= 0.3 is 0 Å². The molecular weight excluding hydrogens is 374 g/mol. The molecule has 0 saturated carbocycles. The Morgan fingerprint density at radius 3 is 2.23 bits per heavy atom. The molecule has 4 rings (SSSR count). The molecule has 2 aromatic carbocycles. The molecule has 156 valence electrons. The second-order valence-electron chi connectivity index (χ2n) is 7.89. The van der Waals surface area contributed by atoms with Crippen LogP contribution in [0.3, 0.4) is 0 Å². The fourth-order valence-corrected chi connectivity index (χ4v) is 4.13. The van der Waals surface area contributed by atoms with Crippen molar-refractivity contribution in [1.82, 2.24) is 9.47 Å². The van der Waals surface area contributed by atoms with Crippen LogP contribution in [0.1, 0.15) is 27.3 Å². The zero-order valence-electron chi connectivity index (χ0n) is 18.0. The van der Waals surface area contributed by atoms with Gasteiger partial charge < -0.3 is 19.1 Å². The fraction of sp³-hybridized carbons (Fsp3) is 0.320. The van der Waals surface area contributed by atoms with Crippen LogP contribution in [0.4, 0.5) is 5.69 Å². The number of carbonyl (C=O) groups is 1. The van der Waals surface area contributed by atoms with E-state index in [0.717, 1.165) is 37.6 Å². The van der Waals surface area contributed by atoms with Gasteiger partial charge in [-0.1, -0.05) is 18.2 Å². The van der Waals surface area contributed by atoms with Crippen LogP contribution in [0.25, 0.3) is 5.69 Å². The van der Waals surface area contributed by atoms with Crippen molar-refractivity contribution < 1.29 is 9.53 Å². The number of para-hydroxylation sites is 1. The van der Waals surface area contributed by atoms with Gasteiger partial charge in [-0.3, -0.25) is 4.79 Å². The second-order valence-corrected chi connectivity index (χ2v) is 7.89. The van der Waals surface area contributed by atoms with Crippen molar-refractivity contribution in [2.24, 2.45) is 0 Å². The monoisotopic (exact) mass is 403 g/mol. The third kappa shape index (κ3) is 4.12. The van der Waals surface area contributed by atoms with Crippen molar-refractivity contribution in [3.63, 3.8) is 0 Å². The summed E-state index contributed by atoms with van der Waals surface area (Å²) in [7, 11) is 1.87. The van der Waals surface area contributed by atoms with Crippen LogP contribution in [0, 0.1) is 13.8 Å². The maximum Gasteiger partial charge on any atom is 0.253 e. The summed E-state index contributed by atoms with van der Waals surface area (Å²) < 4.78 is 7.67. The average Bonchev–Trinajstić information content (AvgIpc) is 3.12. The Bertz CT molecular complexity index is 998. The predicted molar refractivity (Wildman–Crippen MR) is 121 cm³/mol. The number of ether oxygens (including phenoxy) is 1. The summed E-state index contributed by atoms with van der Waals surface area (Å²) >= 11 is 0. The normalized spacial score (nSPS) is 14.0. The standard InChI is InChI=1S/C25H29N3O2/c1-19-8-9-20(2)28(19)23-12-10-21(11-13-23)25(29)26(3)18-22-6-4-5-7-24(22)27-14-16-30-17-15-27/h4-13H,14-18H2,1-3H3. The first kappa shape index (κ1) is 20.2. The van der Waals surface area contributed by atoms with E-state index in [9.17, 15) is 4.79 Å². The maximum absolute atomic E-state index is 13.1. The van der Waals surface area contributed by atoms with Crippen LogP contribution in [0.15, 0.2) is 60.7 Å². The summed E-state index contributed by atoms with van der Waals surface area (Å²) in [5.74, 6) is 0.0271. The minimum Gasteiger partial charge on any atom is -0.378 e. The summed E-state index contributed by atoms with van der Waals surface area (Å²) in [6.07, 6.45) is 0. The number of carbonyl (C=O) groups excluding carboxylic acids is 1. The first-order chi connectivity index (χ1) is 14.5. The van der Waals surface area contributed by atoms with E-state index in [0.29, 0.717) is 12.1 Å². The molecule has 0 bridgehead atoms. The Balaban J connectivity index is 1.49. The molecule has 0 atom stereocenters. The molecule has 1 fully saturated rings. The van der Waals surface area contributed by atoms with Gasteiger partial charge in [-0.2, -0.15) is 0 Å². The number of amides is 1. The molecule has 1 saturated heterocycles. The molecular formula is C25H29N3O2. The van der Waals surface area contributed by atoms with E-state index in [1.807, 2.05) is 37.4 Å². The van der Waals surface area contributed by atoms with Crippen molar-refractivity contribution in [2.45, 2.75) is 20.4 Å². The highest BCUT2D eigenvalue weighted by molar-refractivity contribution is 5.94. The Kier molecular flexibility index (Phi) is 5.91. The largest absolute Gasteiger partial charge is 0.378 e. The lowest BCUT2D eigenvalue weighted by Crippen LogP contribution is -2.37. The minimum atomic E-state index is 0.0271. The van der Waals surface area contributed by atoms with Crippen LogP contribution in [-0.2, 0) is 11.3 Å². The summed E-state index contributed by atoms with van der Waals surface area (Å²) in [6, 6.07) is 20.4. The van der Waals surface area contributed by atoms with Crippen LogP contribution in [-0.4, -0.2) is 48.7 Å². The number of anilines is 1. The van der Waals surface area contributed by atoms with E-state index in [4.69, 9.17) is 4.74 Å². The minimum absolute atomic E-state index is 0.0271. The molecule has 0 N–H and O–H groups in total. The Morgan fingerprint density at radius 1 is 0.933 bits per heavy atom. The van der Waals surface area contributed by atoms with Crippen LogP contribution in [0.5, 0.6) is 0 Å². The smallest absolute Gasteiger partial charge is 0.253 e. The molecule has 1 aliphatic rings. The van der Waals surface area contributed by atoms with Gasteiger partial charge in [0, 0.05) is 55.0 Å². The highest BCUT2D eigenvalue weighted by Crippen LogP contribution is 2.23. The Hall–Kier alpha value is -3.05. The molecule has 1 aliphatic heterocycles. The number of aromatic nitrogens is 1. The third-order valence-corrected chi connectivity index (χ3v) is 5.74. The van der Waals surface area contributed by atoms with Gasteiger partial charge in [-0.15, -0.1) is 0 Å². The third-order valence-electron chi connectivity index (χ3n) is 5.74. The molecule has 3 aromatic rings. The van der Waals surface area contributed by atoms with Gasteiger partial charge in [0.2, 0.25) is 0 Å². The Morgan fingerprint density at radius 2 is 1.57 bits per heavy atom. The number of aryl methyl sites for hydroxylation is 2. The van der Waals surface area contributed by atoms with E-state index in [1.165, 1.54) is 17.1 Å². The second kappa shape index (κ2) is 8.76. The van der Waals surface area contributed by atoms with Crippen molar-refractivity contribution >= 4 is 11.6 Å². The highest BCUT2D eigenvalue weighted by Gasteiger charge is 2.18. The van der Waals surface area contributed by atoms with Gasteiger partial charge in [0.1, 0.15) is 0 Å². The van der Waals surface area contributed by atoms with Crippen molar-refractivity contribution in [3.05, 3.63) is 83.2 Å². The summed E-state index contributed by atoms with van der Waals surface area (Å²) in [6.45, 7) is 8.01. The Labute approximate surface area is 178 Å². The van der Waals surface area contributed by atoms with E-state index < -0.39 is 0 Å². The van der Waals surface area contributed by atoms with Crippen molar-refractivity contribution in [3.8, 4) is 5.69 Å². The molecule has 5 nitrogen and oxygen atoms in total. The van der Waals surface area contributed by atoms with Crippen LogP contribution < -0.4 is 4.90 Å². The summed E-state index contributed by atoms with van der Waals surface area (Å²) in [5.41, 5.74) is 6.49. The first-order valence-electron chi connectivity index (χ1n) is 10.5. The molecule has 0 unspecified atom stereocenters. The molecule has 0 radical (unpaired) electrons. The van der Waals surface area contributed by atoms with Gasteiger partial charge in [0.25, 0.3) is 5.91 Å². The lowest BCUT2D eigenvalue weighted by atomic mass is 10.1. The molecule has 0 spiro atoms. The average molecular weight is 404 g/mol. The van der Waals surface area contributed by atoms with Gasteiger partial charge in [0.15, 0.2) is 0 Å². The number of rotatable bonds is 5. The van der Waals surface area contributed by atoms with E-state index >= 15 is 0 Å². The quantitative estimate of drug-likeness (QED) is 0.641. The van der Waals surface area contributed by atoms with Crippen molar-refractivity contribution in [1.29, 1.82) is 0 Å². The van der Waals surface area contributed by atoms with E-state index in [1.54, 1.807) is 4.90 Å². The zero-order valence-corrected chi connectivity index (χ0v) is 18.0. The lowest BCUT2D eigenvalue weighted by Gasteiger charge is -2.31. The predicted octanol–water partition coefficient (Wildman–Crippen LogP) is 4.20. The number of hydrogen-bond donors (Lipinski definition) is 0. The molecule has 2 heterocycles. The fourth-order valence-electron chi connectivity index (χ4n) is 4.13.